The van der Waals surface area contributed by atoms with Crippen LogP contribution in [0.25, 0.3) is 99.8 Å². The van der Waals surface area contributed by atoms with Gasteiger partial charge in [-0.1, -0.05) is 109 Å². The average Bonchev–Trinajstić information content (AvgIpc) is 3.89. The first-order valence-electron chi connectivity index (χ1n) is 21.4. The van der Waals surface area contributed by atoms with Crippen molar-refractivity contribution < 1.29 is 13.2 Å². The Balaban J connectivity index is 1.28. The lowest BCUT2D eigenvalue weighted by Crippen LogP contribution is -2.16. The average molecular weight is 882 g/mol. The Kier molecular flexibility index (Phi) is 9.68. The molecular formula is C58H30F3N7. The number of halogens is 3. The summed E-state index contributed by atoms with van der Waals surface area (Å²) in [6, 6.07) is 62.0. The zero-order valence-corrected chi connectivity index (χ0v) is 35.6. The van der Waals surface area contributed by atoms with Gasteiger partial charge in [-0.3, -0.25) is 0 Å². The van der Waals surface area contributed by atoms with Crippen LogP contribution < -0.4 is 0 Å². The number of nitrogens with zero attached hydrogens (tertiary/aromatic N) is 7. The third-order valence-corrected chi connectivity index (χ3v) is 12.5. The van der Waals surface area contributed by atoms with E-state index in [2.05, 4.69) is 24.3 Å². The number of aromatic nitrogens is 3. The third kappa shape index (κ3) is 6.69. The second-order valence-electron chi connectivity index (χ2n) is 16.3. The Bertz CT molecular complexity index is 3860. The van der Waals surface area contributed by atoms with E-state index in [9.17, 15) is 21.0 Å². The van der Waals surface area contributed by atoms with Crippen molar-refractivity contribution in [2.24, 2.45) is 0 Å². The Morgan fingerprint density at radius 3 is 1.31 bits per heavy atom. The first-order valence-corrected chi connectivity index (χ1v) is 21.4. The maximum atomic E-state index is 16.8. The summed E-state index contributed by atoms with van der Waals surface area (Å²) in [5.74, 6) is 0. The van der Waals surface area contributed by atoms with E-state index in [0.29, 0.717) is 83.2 Å². The molecule has 0 saturated carbocycles. The molecule has 68 heavy (non-hydrogen) atoms. The van der Waals surface area contributed by atoms with Gasteiger partial charge in [0.15, 0.2) is 0 Å². The summed E-state index contributed by atoms with van der Waals surface area (Å²) in [4.78, 5) is 5.07. The van der Waals surface area contributed by atoms with Crippen molar-refractivity contribution in [3.8, 4) is 80.4 Å². The highest BCUT2D eigenvalue weighted by Gasteiger charge is 2.40. The largest absolute Gasteiger partial charge is 0.420 e. The number of fused-ring (bicyclic) bond motifs is 6. The number of benzene rings is 8. The predicted octanol–water partition coefficient (Wildman–Crippen LogP) is 14.4. The van der Waals surface area contributed by atoms with Crippen molar-refractivity contribution in [3.63, 3.8) is 0 Å². The van der Waals surface area contributed by atoms with E-state index >= 15 is 13.2 Å². The highest BCUT2D eigenvalue weighted by atomic mass is 19.4. The van der Waals surface area contributed by atoms with Crippen LogP contribution in [0.2, 0.25) is 0 Å². The summed E-state index contributed by atoms with van der Waals surface area (Å²) < 4.78 is 53.6. The minimum absolute atomic E-state index is 0.151. The molecule has 3 aromatic heterocycles. The highest BCUT2D eigenvalue weighted by Crippen LogP contribution is 2.47. The van der Waals surface area contributed by atoms with E-state index in [1.165, 1.54) is 12.1 Å². The summed E-state index contributed by atoms with van der Waals surface area (Å²) in [5.41, 5.74) is 6.45. The topological polar surface area (TPSA) is 118 Å². The van der Waals surface area contributed by atoms with Gasteiger partial charge in [-0.15, -0.1) is 0 Å². The minimum Gasteiger partial charge on any atom is -0.309 e. The van der Waals surface area contributed by atoms with Crippen molar-refractivity contribution in [3.05, 3.63) is 210 Å². The van der Waals surface area contributed by atoms with Gasteiger partial charge < -0.3 is 9.13 Å². The number of para-hydroxylation sites is 2. The smallest absolute Gasteiger partial charge is 0.309 e. The Morgan fingerprint density at radius 2 is 0.838 bits per heavy atom. The lowest BCUT2D eigenvalue weighted by Gasteiger charge is -2.23. The monoisotopic (exact) mass is 881 g/mol. The normalized spacial score (nSPS) is 11.4. The van der Waals surface area contributed by atoms with Crippen LogP contribution in [0.3, 0.4) is 0 Å². The molecule has 11 aromatic rings. The Labute approximate surface area is 386 Å². The van der Waals surface area contributed by atoms with Gasteiger partial charge in [0.1, 0.15) is 5.56 Å². The first kappa shape index (κ1) is 41.0. The Hall–Kier alpha value is -9.74. The molecule has 0 aliphatic heterocycles. The summed E-state index contributed by atoms with van der Waals surface area (Å²) in [5, 5.41) is 42.4. The van der Waals surface area contributed by atoms with Crippen molar-refractivity contribution in [2.45, 2.75) is 6.18 Å². The number of rotatable bonds is 6. The SMILES string of the molecule is N#Cc1ccc(-c2ccc3c4ccccc4n(-c4cc(-c5cccc(-c6ccccc6)n5)cc(-n5c6ccccc6c6ccc(-c7ccc(C#N)cc7C#N)cc65)c4C(F)(F)F)c3c2)c(C#N)c1. The van der Waals surface area contributed by atoms with Crippen LogP contribution in [0.4, 0.5) is 13.2 Å². The van der Waals surface area contributed by atoms with Gasteiger partial charge in [-0.05, 0) is 95.1 Å². The molecule has 7 nitrogen and oxygen atoms in total. The molecule has 0 unspecified atom stereocenters. The van der Waals surface area contributed by atoms with Gasteiger partial charge in [0.05, 0.1) is 91.4 Å². The molecule has 11 rings (SSSR count). The molecule has 0 saturated heterocycles. The van der Waals surface area contributed by atoms with Crippen molar-refractivity contribution in [1.82, 2.24) is 14.1 Å². The van der Waals surface area contributed by atoms with Crippen LogP contribution in [0.15, 0.2) is 182 Å². The van der Waals surface area contributed by atoms with E-state index in [4.69, 9.17) is 4.98 Å². The van der Waals surface area contributed by atoms with Gasteiger partial charge in [0.25, 0.3) is 0 Å². The summed E-state index contributed by atoms with van der Waals surface area (Å²) in [6.45, 7) is 0. The number of nitriles is 4. The molecule has 0 amide bonds. The maximum absolute atomic E-state index is 16.8. The van der Waals surface area contributed by atoms with Crippen LogP contribution in [-0.2, 0) is 6.18 Å². The molecule has 10 heteroatoms. The third-order valence-electron chi connectivity index (χ3n) is 12.5. The van der Waals surface area contributed by atoms with Gasteiger partial charge in [-0.2, -0.15) is 34.2 Å². The van der Waals surface area contributed by atoms with E-state index in [0.717, 1.165) is 16.3 Å². The molecular weight excluding hydrogens is 852 g/mol. The predicted molar refractivity (Wildman–Crippen MR) is 259 cm³/mol. The molecule has 3 heterocycles. The number of pyridine rings is 1. The van der Waals surface area contributed by atoms with Crippen molar-refractivity contribution >= 4 is 43.6 Å². The van der Waals surface area contributed by atoms with E-state index in [1.54, 1.807) is 88.0 Å². The molecule has 0 N–H and O–H groups in total. The van der Waals surface area contributed by atoms with E-state index in [-0.39, 0.29) is 22.5 Å². The van der Waals surface area contributed by atoms with E-state index in [1.807, 2.05) is 91.0 Å². The standard InChI is InChI=1S/C58H30F3N7/c59-58(60,61)57-55(67-51-15-6-4-11-45(51)47-23-19-38(27-53(47)67)43-21-17-35(31-62)25-41(43)33-64)29-40(50-14-8-13-49(66-50)37-9-2-1-3-10-37)30-56(57)68-52-16-7-5-12-46(52)48-24-20-39(28-54(48)68)44-22-18-36(32-63)26-42(44)34-65/h1-30H. The zero-order chi connectivity index (χ0) is 46.7. The van der Waals surface area contributed by atoms with Gasteiger partial charge in [0, 0.05) is 32.7 Å². The van der Waals surface area contributed by atoms with Crippen molar-refractivity contribution in [1.29, 1.82) is 21.0 Å². The van der Waals surface area contributed by atoms with E-state index < -0.39 is 11.7 Å². The lowest BCUT2D eigenvalue weighted by molar-refractivity contribution is -0.137. The number of hydrogen-bond donors (Lipinski definition) is 0. The van der Waals surface area contributed by atoms with Gasteiger partial charge >= 0.3 is 6.18 Å². The molecule has 0 atom stereocenters. The van der Waals surface area contributed by atoms with Crippen LogP contribution >= 0.6 is 0 Å². The van der Waals surface area contributed by atoms with Crippen LogP contribution in [0.5, 0.6) is 0 Å². The molecule has 8 aromatic carbocycles. The van der Waals surface area contributed by atoms with Gasteiger partial charge in [-0.25, -0.2) is 4.98 Å². The molecule has 0 radical (unpaired) electrons. The lowest BCUT2D eigenvalue weighted by atomic mass is 9.97. The maximum Gasteiger partial charge on any atom is 0.420 e. The minimum atomic E-state index is -4.95. The molecule has 0 fully saturated rings. The highest BCUT2D eigenvalue weighted by molar-refractivity contribution is 6.12. The van der Waals surface area contributed by atoms with Crippen LogP contribution in [0.1, 0.15) is 27.8 Å². The number of alkyl halides is 3. The Morgan fingerprint density at radius 1 is 0.382 bits per heavy atom. The molecule has 0 aliphatic rings. The molecule has 0 spiro atoms. The fraction of sp³-hybridized carbons (Fsp3) is 0.0172. The van der Waals surface area contributed by atoms with Crippen LogP contribution in [-0.4, -0.2) is 14.1 Å². The second-order valence-corrected chi connectivity index (χ2v) is 16.3. The first-order chi connectivity index (χ1) is 33.2. The fourth-order valence-corrected chi connectivity index (χ4v) is 9.48. The number of hydrogen-bond acceptors (Lipinski definition) is 5. The van der Waals surface area contributed by atoms with Gasteiger partial charge in [0.2, 0.25) is 0 Å². The van der Waals surface area contributed by atoms with Crippen molar-refractivity contribution in [2.75, 3.05) is 0 Å². The zero-order valence-electron chi connectivity index (χ0n) is 35.6. The molecule has 0 aliphatic carbocycles. The summed E-state index contributed by atoms with van der Waals surface area (Å²) >= 11 is 0. The summed E-state index contributed by atoms with van der Waals surface area (Å²) in [6.07, 6.45) is -4.95. The van der Waals surface area contributed by atoms with Crippen LogP contribution in [0, 0.1) is 45.3 Å². The molecule has 318 valence electrons. The summed E-state index contributed by atoms with van der Waals surface area (Å²) in [7, 11) is 0. The second kappa shape index (κ2) is 16.1. The molecule has 0 bridgehead atoms. The quantitative estimate of drug-likeness (QED) is 0.165. The fourth-order valence-electron chi connectivity index (χ4n) is 9.48.